The van der Waals surface area contributed by atoms with Crippen LogP contribution in [0.1, 0.15) is 26.7 Å². The van der Waals surface area contributed by atoms with E-state index >= 15 is 0 Å². The van der Waals surface area contributed by atoms with Crippen molar-refractivity contribution in [3.63, 3.8) is 0 Å². The average Bonchev–Trinajstić information content (AvgIpc) is 2.43. The van der Waals surface area contributed by atoms with E-state index in [0.717, 1.165) is 6.42 Å². The van der Waals surface area contributed by atoms with E-state index in [-0.39, 0.29) is 22.7 Å². The predicted octanol–water partition coefficient (Wildman–Crippen LogP) is 1.42. The van der Waals surface area contributed by atoms with Crippen molar-refractivity contribution in [2.24, 2.45) is 0 Å². The van der Waals surface area contributed by atoms with Gasteiger partial charge in [-0.15, -0.1) is 0 Å². The summed E-state index contributed by atoms with van der Waals surface area (Å²) >= 11 is 6.16. The maximum atomic E-state index is 12.2. The van der Waals surface area contributed by atoms with E-state index in [4.69, 9.17) is 16.7 Å². The highest BCUT2D eigenvalue weighted by Crippen LogP contribution is 2.24. The number of nitrogens with zero attached hydrogens (tertiary/aromatic N) is 3. The van der Waals surface area contributed by atoms with Gasteiger partial charge in [-0.2, -0.15) is 5.10 Å². The Morgan fingerprint density at radius 3 is 2.71 bits per heavy atom. The minimum atomic E-state index is -0.317. The quantitative estimate of drug-likeness (QED) is 0.759. The molecule has 6 nitrogen and oxygen atoms in total. The van der Waals surface area contributed by atoms with Crippen molar-refractivity contribution >= 4 is 17.3 Å². The van der Waals surface area contributed by atoms with Gasteiger partial charge >= 0.3 is 0 Å². The Morgan fingerprint density at radius 1 is 1.52 bits per heavy atom. The molecule has 0 aliphatic rings. The molecule has 0 aliphatic heterocycles. The third kappa shape index (κ3) is 4.98. The standard InChI is InChI=1S/C14H25ClN4O2/c1-5-14(2,6-9-20)17-11-10-16-19(8-7-18(3)4)13(21)12(11)15/h10,17,20H,5-9H2,1-4H3. The number of hydrogen-bond acceptors (Lipinski definition) is 5. The van der Waals surface area contributed by atoms with E-state index in [2.05, 4.69) is 10.4 Å². The molecule has 0 bridgehead atoms. The van der Waals surface area contributed by atoms with Gasteiger partial charge in [0.2, 0.25) is 0 Å². The van der Waals surface area contributed by atoms with Gasteiger partial charge in [0, 0.05) is 18.7 Å². The summed E-state index contributed by atoms with van der Waals surface area (Å²) in [7, 11) is 3.87. The van der Waals surface area contributed by atoms with Gasteiger partial charge in [-0.3, -0.25) is 4.79 Å². The van der Waals surface area contributed by atoms with E-state index in [1.54, 1.807) is 6.20 Å². The number of nitrogens with one attached hydrogen (secondary N) is 1. The van der Waals surface area contributed by atoms with Crippen molar-refractivity contribution in [3.05, 3.63) is 21.6 Å². The summed E-state index contributed by atoms with van der Waals surface area (Å²) in [6, 6.07) is 0. The van der Waals surface area contributed by atoms with E-state index in [1.807, 2.05) is 32.8 Å². The van der Waals surface area contributed by atoms with Crippen LogP contribution in [0.4, 0.5) is 5.69 Å². The van der Waals surface area contributed by atoms with Crippen molar-refractivity contribution in [3.8, 4) is 0 Å². The summed E-state index contributed by atoms with van der Waals surface area (Å²) in [6.07, 6.45) is 2.95. The second-order valence-corrected chi connectivity index (χ2v) is 6.09. The highest BCUT2D eigenvalue weighted by Gasteiger charge is 2.23. The third-order valence-electron chi connectivity index (χ3n) is 3.62. The van der Waals surface area contributed by atoms with Crippen LogP contribution in [0.2, 0.25) is 5.02 Å². The fourth-order valence-electron chi connectivity index (χ4n) is 1.91. The van der Waals surface area contributed by atoms with E-state index in [0.29, 0.717) is 25.2 Å². The lowest BCUT2D eigenvalue weighted by molar-refractivity contribution is 0.252. The van der Waals surface area contributed by atoms with Gasteiger partial charge in [-0.05, 0) is 33.9 Å². The molecule has 0 saturated carbocycles. The van der Waals surface area contributed by atoms with Crippen LogP contribution in [0.3, 0.4) is 0 Å². The monoisotopic (exact) mass is 316 g/mol. The van der Waals surface area contributed by atoms with Gasteiger partial charge in [0.15, 0.2) is 0 Å². The summed E-state index contributed by atoms with van der Waals surface area (Å²) < 4.78 is 1.36. The molecule has 1 aromatic heterocycles. The number of halogens is 1. The summed E-state index contributed by atoms with van der Waals surface area (Å²) in [5.41, 5.74) is -0.103. The number of rotatable bonds is 8. The maximum Gasteiger partial charge on any atom is 0.287 e. The lowest BCUT2D eigenvalue weighted by Gasteiger charge is -2.30. The zero-order chi connectivity index (χ0) is 16.0. The van der Waals surface area contributed by atoms with Crippen LogP contribution in [-0.4, -0.2) is 52.6 Å². The first-order valence-electron chi connectivity index (χ1n) is 7.12. The highest BCUT2D eigenvalue weighted by atomic mass is 35.5. The minimum Gasteiger partial charge on any atom is -0.396 e. The predicted molar refractivity (Wildman–Crippen MR) is 86.1 cm³/mol. The smallest absolute Gasteiger partial charge is 0.287 e. The molecule has 1 aromatic rings. The Morgan fingerprint density at radius 2 is 2.19 bits per heavy atom. The summed E-state index contributed by atoms with van der Waals surface area (Å²) in [5, 5.41) is 16.7. The Kier molecular flexibility index (Phi) is 6.64. The lowest BCUT2D eigenvalue weighted by atomic mass is 9.94. The normalized spacial score (nSPS) is 14.2. The van der Waals surface area contributed by atoms with Crippen LogP contribution < -0.4 is 10.9 Å². The van der Waals surface area contributed by atoms with E-state index in [1.165, 1.54) is 4.68 Å². The van der Waals surface area contributed by atoms with Crippen LogP contribution in [-0.2, 0) is 6.54 Å². The van der Waals surface area contributed by atoms with Gasteiger partial charge in [0.25, 0.3) is 5.56 Å². The Hall–Kier alpha value is -1.11. The molecule has 0 fully saturated rings. The summed E-state index contributed by atoms with van der Waals surface area (Å²) in [4.78, 5) is 14.2. The topological polar surface area (TPSA) is 70.4 Å². The molecule has 0 aliphatic carbocycles. The fourth-order valence-corrected chi connectivity index (χ4v) is 2.10. The molecule has 2 N–H and O–H groups in total. The van der Waals surface area contributed by atoms with Gasteiger partial charge in [-0.1, -0.05) is 18.5 Å². The first-order valence-corrected chi connectivity index (χ1v) is 7.50. The van der Waals surface area contributed by atoms with Crippen molar-refractivity contribution in [1.82, 2.24) is 14.7 Å². The molecular weight excluding hydrogens is 292 g/mol. The molecule has 1 atom stereocenters. The van der Waals surface area contributed by atoms with Crippen LogP contribution in [0.25, 0.3) is 0 Å². The second kappa shape index (κ2) is 7.77. The van der Waals surface area contributed by atoms with Crippen LogP contribution >= 0.6 is 11.6 Å². The fraction of sp³-hybridized carbons (Fsp3) is 0.714. The lowest BCUT2D eigenvalue weighted by Crippen LogP contribution is -2.36. The van der Waals surface area contributed by atoms with Crippen LogP contribution in [0.15, 0.2) is 11.0 Å². The van der Waals surface area contributed by atoms with Gasteiger partial charge in [-0.25, -0.2) is 4.68 Å². The molecule has 0 saturated heterocycles. The zero-order valence-corrected chi connectivity index (χ0v) is 13.9. The van der Waals surface area contributed by atoms with Crippen molar-refractivity contribution in [1.29, 1.82) is 0 Å². The largest absolute Gasteiger partial charge is 0.396 e. The number of aliphatic hydroxyl groups is 1. The first kappa shape index (κ1) is 17.9. The molecule has 120 valence electrons. The van der Waals surface area contributed by atoms with Crippen LogP contribution in [0, 0.1) is 0 Å². The highest BCUT2D eigenvalue weighted by molar-refractivity contribution is 6.32. The summed E-state index contributed by atoms with van der Waals surface area (Å²) in [6.45, 7) is 5.28. The number of aromatic nitrogens is 2. The molecule has 0 amide bonds. The molecule has 7 heteroatoms. The SMILES string of the molecule is CCC(C)(CCO)Nc1cnn(CCN(C)C)c(=O)c1Cl. The second-order valence-electron chi connectivity index (χ2n) is 5.72. The van der Waals surface area contributed by atoms with Gasteiger partial charge < -0.3 is 15.3 Å². The minimum absolute atomic E-state index is 0.0717. The molecule has 1 rings (SSSR count). The molecule has 1 heterocycles. The van der Waals surface area contributed by atoms with E-state index < -0.39 is 0 Å². The number of aliphatic hydroxyl groups excluding tert-OH is 1. The number of likely N-dealkylation sites (N-methyl/N-ethyl adjacent to an activating group) is 1. The molecule has 21 heavy (non-hydrogen) atoms. The van der Waals surface area contributed by atoms with Crippen LogP contribution in [0.5, 0.6) is 0 Å². The van der Waals surface area contributed by atoms with E-state index in [9.17, 15) is 4.79 Å². The summed E-state index contributed by atoms with van der Waals surface area (Å²) in [5.74, 6) is 0. The number of anilines is 1. The Labute approximate surface area is 130 Å². The van der Waals surface area contributed by atoms with Crippen molar-refractivity contribution < 1.29 is 5.11 Å². The molecule has 0 aromatic carbocycles. The van der Waals surface area contributed by atoms with Gasteiger partial charge in [0.1, 0.15) is 5.02 Å². The molecule has 1 unspecified atom stereocenters. The Bertz CT molecular complexity index is 518. The van der Waals surface area contributed by atoms with Crippen molar-refractivity contribution in [2.45, 2.75) is 38.8 Å². The number of hydrogen-bond donors (Lipinski definition) is 2. The van der Waals surface area contributed by atoms with Gasteiger partial charge in [0.05, 0.1) is 18.4 Å². The zero-order valence-electron chi connectivity index (χ0n) is 13.2. The molecule has 0 radical (unpaired) electrons. The Balaban J connectivity index is 2.96. The molecular formula is C14H25ClN4O2. The third-order valence-corrected chi connectivity index (χ3v) is 3.99. The molecule has 0 spiro atoms. The first-order chi connectivity index (χ1) is 9.83. The average molecular weight is 317 g/mol. The maximum absolute atomic E-state index is 12.2. The van der Waals surface area contributed by atoms with Crippen molar-refractivity contribution in [2.75, 3.05) is 32.6 Å².